The molecule has 0 spiro atoms. The van der Waals surface area contributed by atoms with E-state index in [2.05, 4.69) is 41.2 Å². The van der Waals surface area contributed by atoms with Crippen LogP contribution in [0.3, 0.4) is 0 Å². The zero-order valence-electron chi connectivity index (χ0n) is 11.7. The van der Waals surface area contributed by atoms with Crippen molar-refractivity contribution in [1.82, 2.24) is 0 Å². The van der Waals surface area contributed by atoms with Crippen LogP contribution in [0, 0.1) is 0 Å². The molecule has 0 bridgehead atoms. The molecule has 0 amide bonds. The van der Waals surface area contributed by atoms with Gasteiger partial charge in [-0.25, -0.2) is 0 Å². The molecule has 0 aromatic heterocycles. The summed E-state index contributed by atoms with van der Waals surface area (Å²) in [5, 5.41) is 0. The van der Waals surface area contributed by atoms with Crippen LogP contribution in [0.5, 0.6) is 0 Å². The predicted octanol–water partition coefficient (Wildman–Crippen LogP) is 3.09. The maximum absolute atomic E-state index is 5.54. The maximum atomic E-state index is 5.54. The monoisotopic (exact) mass is 236 g/mol. The summed E-state index contributed by atoms with van der Waals surface area (Å²) in [4.78, 5) is 0. The lowest BCUT2D eigenvalue weighted by atomic mass is 9.77. The zero-order valence-corrected chi connectivity index (χ0v) is 11.7. The van der Waals surface area contributed by atoms with Gasteiger partial charge in [0.15, 0.2) is 0 Å². The van der Waals surface area contributed by atoms with E-state index in [-0.39, 0.29) is 0 Å². The molecule has 0 unspecified atom stereocenters. The fraction of sp³-hybridized carbons (Fsp3) is 0.846. The molecular formula is C13H26B2O2. The number of ether oxygens (including phenoxy) is 2. The van der Waals surface area contributed by atoms with Crippen LogP contribution in [0.4, 0.5) is 0 Å². The van der Waals surface area contributed by atoms with Gasteiger partial charge in [0.2, 0.25) is 0 Å². The average molecular weight is 236 g/mol. The molecule has 96 valence electrons. The van der Waals surface area contributed by atoms with Crippen molar-refractivity contribution in [3.63, 3.8) is 0 Å². The van der Waals surface area contributed by atoms with Gasteiger partial charge >= 0.3 is 0 Å². The van der Waals surface area contributed by atoms with Gasteiger partial charge in [0, 0.05) is 13.2 Å². The maximum Gasteiger partial charge on any atom is 0.105 e. The van der Waals surface area contributed by atoms with Crippen molar-refractivity contribution in [2.75, 3.05) is 26.4 Å². The Balaban J connectivity index is 3.26. The van der Waals surface area contributed by atoms with Crippen LogP contribution in [0.25, 0.3) is 0 Å². The molecule has 0 aromatic carbocycles. The van der Waals surface area contributed by atoms with Gasteiger partial charge in [-0.05, 0) is 25.3 Å². The lowest BCUT2D eigenvalue weighted by molar-refractivity contribution is 0.149. The largest absolute Gasteiger partial charge is 0.377 e. The first-order chi connectivity index (χ1) is 8.31. The van der Waals surface area contributed by atoms with E-state index in [9.17, 15) is 0 Å². The molecule has 0 atom stereocenters. The van der Waals surface area contributed by atoms with Crippen LogP contribution >= 0.6 is 0 Å². The van der Waals surface area contributed by atoms with Crippen molar-refractivity contribution in [3.8, 4) is 0 Å². The van der Waals surface area contributed by atoms with Crippen molar-refractivity contribution in [1.29, 1.82) is 0 Å². The normalized spacial score (nSPS) is 11.6. The van der Waals surface area contributed by atoms with Crippen LogP contribution in [0.15, 0.2) is 11.6 Å². The summed E-state index contributed by atoms with van der Waals surface area (Å²) in [5.41, 5.74) is 1.26. The first-order valence-electron chi connectivity index (χ1n) is 6.68. The summed E-state index contributed by atoms with van der Waals surface area (Å²) < 4.78 is 11.0. The molecule has 4 heteroatoms. The van der Waals surface area contributed by atoms with Crippen molar-refractivity contribution in [2.45, 2.75) is 46.1 Å². The average Bonchev–Trinajstić information content (AvgIpc) is 2.33. The van der Waals surface area contributed by atoms with Gasteiger partial charge < -0.3 is 9.47 Å². The van der Waals surface area contributed by atoms with Crippen molar-refractivity contribution in [3.05, 3.63) is 11.6 Å². The van der Waals surface area contributed by atoms with Crippen LogP contribution in [-0.2, 0) is 9.47 Å². The Kier molecular flexibility index (Phi) is 13.7. The molecule has 0 rings (SSSR count). The first-order valence-corrected chi connectivity index (χ1v) is 6.68. The Morgan fingerprint density at radius 2 is 1.59 bits per heavy atom. The third-order valence-corrected chi connectivity index (χ3v) is 2.44. The minimum atomic E-state index is 0.710. The Hall–Kier alpha value is -0.210. The lowest BCUT2D eigenvalue weighted by Gasteiger charge is -2.04. The van der Waals surface area contributed by atoms with Crippen LogP contribution < -0.4 is 0 Å². The fourth-order valence-corrected chi connectivity index (χ4v) is 1.36. The van der Waals surface area contributed by atoms with Gasteiger partial charge in [-0.1, -0.05) is 32.4 Å². The van der Waals surface area contributed by atoms with Crippen LogP contribution in [0.1, 0.15) is 19.8 Å². The molecule has 0 heterocycles. The summed E-state index contributed by atoms with van der Waals surface area (Å²) in [6.07, 6.45) is 6.63. The van der Waals surface area contributed by atoms with Crippen molar-refractivity contribution in [2.24, 2.45) is 0 Å². The van der Waals surface area contributed by atoms with E-state index >= 15 is 0 Å². The van der Waals surface area contributed by atoms with Gasteiger partial charge in [0.1, 0.15) is 14.6 Å². The Morgan fingerprint density at radius 1 is 1.00 bits per heavy atom. The van der Waals surface area contributed by atoms with E-state index in [0.717, 1.165) is 45.3 Å². The Morgan fingerprint density at radius 3 is 2.18 bits per heavy atom. The lowest BCUT2D eigenvalue weighted by Crippen LogP contribution is -2.01. The third-order valence-electron chi connectivity index (χ3n) is 2.44. The topological polar surface area (TPSA) is 18.5 Å². The number of hydrogen-bond acceptors (Lipinski definition) is 2. The minimum absolute atomic E-state index is 0.710. The molecule has 0 saturated heterocycles. The molecule has 17 heavy (non-hydrogen) atoms. The molecule has 0 fully saturated rings. The second kappa shape index (κ2) is 13.9. The first kappa shape index (κ1) is 16.8. The minimum Gasteiger partial charge on any atom is -0.377 e. The molecule has 0 aliphatic rings. The highest BCUT2D eigenvalue weighted by Gasteiger charge is 1.92. The molecular weight excluding hydrogens is 210 g/mol. The van der Waals surface area contributed by atoms with Gasteiger partial charge in [-0.3, -0.25) is 0 Å². The number of rotatable bonds is 12. The van der Waals surface area contributed by atoms with Crippen molar-refractivity contribution >= 4 is 14.6 Å². The van der Waals surface area contributed by atoms with E-state index in [1.165, 1.54) is 5.57 Å². The summed E-state index contributed by atoms with van der Waals surface area (Å²) in [6.45, 7) is 9.40. The van der Waals surface area contributed by atoms with E-state index in [4.69, 9.17) is 9.47 Å². The second-order valence-electron chi connectivity index (χ2n) is 4.28. The molecule has 0 N–H and O–H groups in total. The predicted molar refractivity (Wildman–Crippen MR) is 77.5 cm³/mol. The van der Waals surface area contributed by atoms with E-state index < -0.39 is 0 Å². The van der Waals surface area contributed by atoms with Gasteiger partial charge in [0.25, 0.3) is 0 Å². The van der Waals surface area contributed by atoms with Crippen LogP contribution in [-0.4, -0.2) is 41.0 Å². The van der Waals surface area contributed by atoms with E-state index in [1.807, 2.05) is 0 Å². The molecule has 2 radical (unpaired) electrons. The molecule has 0 saturated carbocycles. The summed E-state index contributed by atoms with van der Waals surface area (Å²) in [6, 6.07) is 0. The molecule has 2 nitrogen and oxygen atoms in total. The van der Waals surface area contributed by atoms with Crippen LogP contribution in [0.2, 0.25) is 26.3 Å². The van der Waals surface area contributed by atoms with E-state index in [0.29, 0.717) is 6.61 Å². The van der Waals surface area contributed by atoms with Gasteiger partial charge in [-0.15, -0.1) is 0 Å². The quantitative estimate of drug-likeness (QED) is 0.294. The highest BCUT2D eigenvalue weighted by Crippen LogP contribution is 1.97. The van der Waals surface area contributed by atoms with Gasteiger partial charge in [-0.2, -0.15) is 0 Å². The van der Waals surface area contributed by atoms with Gasteiger partial charge in [0.05, 0.1) is 13.2 Å². The second-order valence-corrected chi connectivity index (χ2v) is 4.28. The third kappa shape index (κ3) is 13.7. The number of hydrogen-bond donors (Lipinski definition) is 0. The molecule has 0 aliphatic heterocycles. The SMILES string of the molecule is C[B]CCCOC/C=C(/C)COCCC[B]C. The zero-order chi connectivity index (χ0) is 12.8. The highest BCUT2D eigenvalue weighted by atomic mass is 16.5. The fourth-order valence-electron chi connectivity index (χ4n) is 1.36. The molecule has 0 aliphatic carbocycles. The van der Waals surface area contributed by atoms with Crippen molar-refractivity contribution < 1.29 is 9.47 Å². The summed E-state index contributed by atoms with van der Waals surface area (Å²) in [5.74, 6) is 0. The highest BCUT2D eigenvalue weighted by molar-refractivity contribution is 6.33. The standard InChI is InChI=1S/C13H26B2O2/c1-13(12-17-10-5-8-15-3)6-11-16-9-4-7-14-2/h6H,4-5,7-12H2,1-3H3/b13-6-. The smallest absolute Gasteiger partial charge is 0.105 e. The summed E-state index contributed by atoms with van der Waals surface area (Å²) in [7, 11) is 4.35. The Bertz CT molecular complexity index is 184. The molecule has 0 aromatic rings. The van der Waals surface area contributed by atoms with E-state index in [1.54, 1.807) is 0 Å². The summed E-state index contributed by atoms with van der Waals surface area (Å²) >= 11 is 0. The Labute approximate surface area is 109 Å².